The van der Waals surface area contributed by atoms with E-state index in [-0.39, 0.29) is 83.2 Å². The van der Waals surface area contributed by atoms with Gasteiger partial charge in [-0.2, -0.15) is 0 Å². The highest BCUT2D eigenvalue weighted by atomic mass is 16.6. The van der Waals surface area contributed by atoms with Gasteiger partial charge in [0.25, 0.3) is 11.8 Å². The third-order valence-electron chi connectivity index (χ3n) is 6.34. The number of rotatable bonds is 29. The first kappa shape index (κ1) is 42.1. The molecule has 17 heteroatoms. The van der Waals surface area contributed by atoms with Crippen LogP contribution < -0.4 is 10.6 Å². The van der Waals surface area contributed by atoms with Crippen molar-refractivity contribution >= 4 is 41.5 Å². The van der Waals surface area contributed by atoms with E-state index in [1.54, 1.807) is 4.90 Å². The fourth-order valence-corrected chi connectivity index (χ4v) is 3.91. The number of carbonyl (C=O) groups is 7. The third-order valence-corrected chi connectivity index (χ3v) is 6.34. The Morgan fingerprint density at radius 3 is 1.96 bits per heavy atom. The number of nitrogens with one attached hydrogen (secondary N) is 2. The van der Waals surface area contributed by atoms with Gasteiger partial charge in [0.1, 0.15) is 32.2 Å². The fourth-order valence-electron chi connectivity index (χ4n) is 3.91. The lowest BCUT2D eigenvalue weighted by Crippen LogP contribution is -2.36. The molecule has 0 unspecified atom stereocenters. The van der Waals surface area contributed by atoms with Crippen LogP contribution in [0.5, 0.6) is 0 Å². The largest absolute Gasteiger partial charge is 0.464 e. The fraction of sp³-hybridized carbons (Fsp3) is 0.710. The third kappa shape index (κ3) is 22.6. The smallest absolute Gasteiger partial charge is 0.407 e. The molecule has 0 aromatic rings. The number of ketones is 1. The summed E-state index contributed by atoms with van der Waals surface area (Å²) in [6.07, 6.45) is 4.74. The lowest BCUT2D eigenvalue weighted by atomic mass is 10.2. The summed E-state index contributed by atoms with van der Waals surface area (Å²) in [5.74, 6) is -2.40. The van der Waals surface area contributed by atoms with Gasteiger partial charge in [-0.05, 0) is 26.2 Å². The Morgan fingerprint density at radius 1 is 0.708 bits per heavy atom. The van der Waals surface area contributed by atoms with Crippen molar-refractivity contribution in [3.05, 3.63) is 12.2 Å². The van der Waals surface area contributed by atoms with Gasteiger partial charge in [-0.25, -0.2) is 9.59 Å². The molecule has 1 heterocycles. The van der Waals surface area contributed by atoms with Crippen molar-refractivity contribution in [1.82, 2.24) is 20.4 Å². The van der Waals surface area contributed by atoms with Crippen LogP contribution in [0.3, 0.4) is 0 Å². The van der Waals surface area contributed by atoms with E-state index in [1.807, 2.05) is 6.92 Å². The van der Waals surface area contributed by atoms with E-state index in [2.05, 4.69) is 10.6 Å². The number of Topliss-reactive ketones (excluding diaryl/α,β-unsaturated/α-hetero) is 1. The molecule has 0 saturated heterocycles. The number of imide groups is 1. The van der Waals surface area contributed by atoms with Gasteiger partial charge in [0.2, 0.25) is 5.91 Å². The van der Waals surface area contributed by atoms with Crippen LogP contribution in [0.4, 0.5) is 4.79 Å². The summed E-state index contributed by atoms with van der Waals surface area (Å²) < 4.78 is 31.0. The van der Waals surface area contributed by atoms with Gasteiger partial charge in [-0.3, -0.25) is 33.8 Å². The standard InChI is InChI=1S/C31H50N4O13/c1-3-4-15-48-31(42)33-11-17-44-21-20-43-16-10-32-26(37)23-45-24-30(41)47-19-14-34(22-25(2)36)13-18-46-29(40)7-5-6-12-35-27(38)8-9-28(35)39/h8-9H,3-7,10-24H2,1-2H3,(H,32,37)(H,33,42). The van der Waals surface area contributed by atoms with E-state index in [0.717, 1.165) is 17.7 Å². The summed E-state index contributed by atoms with van der Waals surface area (Å²) in [5.41, 5.74) is 0. The quantitative estimate of drug-likeness (QED) is 0.0451. The molecule has 0 aromatic heterocycles. The molecule has 2 N–H and O–H groups in total. The molecule has 17 nitrogen and oxygen atoms in total. The van der Waals surface area contributed by atoms with Gasteiger partial charge < -0.3 is 39.1 Å². The van der Waals surface area contributed by atoms with Crippen LogP contribution in [0.2, 0.25) is 0 Å². The summed E-state index contributed by atoms with van der Waals surface area (Å²) in [4.78, 5) is 84.6. The van der Waals surface area contributed by atoms with Crippen molar-refractivity contribution in [2.45, 2.75) is 46.0 Å². The van der Waals surface area contributed by atoms with Gasteiger partial charge in [0.05, 0.1) is 39.6 Å². The van der Waals surface area contributed by atoms with Gasteiger partial charge in [0.15, 0.2) is 0 Å². The van der Waals surface area contributed by atoms with Crippen LogP contribution in [0.1, 0.15) is 46.0 Å². The second kappa shape index (κ2) is 27.1. The van der Waals surface area contributed by atoms with Crippen LogP contribution in [-0.2, 0) is 57.2 Å². The van der Waals surface area contributed by atoms with Gasteiger partial charge in [-0.1, -0.05) is 13.3 Å². The van der Waals surface area contributed by atoms with E-state index >= 15 is 0 Å². The predicted octanol–water partition coefficient (Wildman–Crippen LogP) is -0.249. The molecule has 0 bridgehead atoms. The van der Waals surface area contributed by atoms with E-state index < -0.39 is 30.5 Å². The van der Waals surface area contributed by atoms with E-state index in [4.69, 9.17) is 28.4 Å². The molecule has 0 atom stereocenters. The molecule has 0 aromatic carbocycles. The number of unbranched alkanes of at least 4 members (excludes halogenated alkanes) is 2. The van der Waals surface area contributed by atoms with Crippen LogP contribution in [-0.4, -0.2) is 150 Å². The second-order valence-corrected chi connectivity index (χ2v) is 10.5. The Hall–Kier alpha value is -3.93. The Morgan fingerprint density at radius 2 is 1.33 bits per heavy atom. The average molecular weight is 687 g/mol. The lowest BCUT2D eigenvalue weighted by Gasteiger charge is -2.20. The number of hydrogen-bond acceptors (Lipinski definition) is 14. The summed E-state index contributed by atoms with van der Waals surface area (Å²) in [6, 6.07) is 0. The monoisotopic (exact) mass is 686 g/mol. The number of amides is 4. The molecular weight excluding hydrogens is 636 g/mol. The molecule has 0 aliphatic carbocycles. The minimum absolute atomic E-state index is 0.0283. The molecule has 0 spiro atoms. The predicted molar refractivity (Wildman–Crippen MR) is 168 cm³/mol. The van der Waals surface area contributed by atoms with Crippen molar-refractivity contribution in [3.63, 3.8) is 0 Å². The number of esters is 2. The average Bonchev–Trinajstić information content (AvgIpc) is 3.36. The molecule has 0 radical (unpaired) electrons. The Bertz CT molecular complexity index is 1040. The Balaban J connectivity index is 2.03. The topological polar surface area (TPSA) is 205 Å². The molecule has 0 saturated carbocycles. The van der Waals surface area contributed by atoms with Crippen molar-refractivity contribution in [3.8, 4) is 0 Å². The van der Waals surface area contributed by atoms with Crippen molar-refractivity contribution in [1.29, 1.82) is 0 Å². The maximum absolute atomic E-state index is 12.0. The first-order valence-electron chi connectivity index (χ1n) is 16.1. The molecule has 1 rings (SSSR count). The van der Waals surface area contributed by atoms with Crippen LogP contribution in [0, 0.1) is 0 Å². The zero-order chi connectivity index (χ0) is 35.4. The van der Waals surface area contributed by atoms with Crippen LogP contribution in [0.15, 0.2) is 12.2 Å². The highest BCUT2D eigenvalue weighted by Crippen LogP contribution is 2.07. The Labute approximate surface area is 280 Å². The summed E-state index contributed by atoms with van der Waals surface area (Å²) in [5, 5.41) is 5.16. The summed E-state index contributed by atoms with van der Waals surface area (Å²) >= 11 is 0. The minimum Gasteiger partial charge on any atom is -0.464 e. The zero-order valence-electron chi connectivity index (χ0n) is 28.0. The van der Waals surface area contributed by atoms with E-state index in [9.17, 15) is 33.6 Å². The van der Waals surface area contributed by atoms with Gasteiger partial charge in [0, 0.05) is 51.3 Å². The Kier molecular flexibility index (Phi) is 23.7. The second-order valence-electron chi connectivity index (χ2n) is 10.5. The molecule has 1 aliphatic rings. The first-order valence-corrected chi connectivity index (χ1v) is 16.1. The van der Waals surface area contributed by atoms with Crippen LogP contribution >= 0.6 is 0 Å². The lowest BCUT2D eigenvalue weighted by molar-refractivity contribution is -0.150. The molecule has 272 valence electrons. The van der Waals surface area contributed by atoms with Crippen molar-refractivity contribution < 1.29 is 62.0 Å². The molecular formula is C31H50N4O13. The highest BCUT2D eigenvalue weighted by Gasteiger charge is 2.22. The number of ether oxygens (including phenoxy) is 6. The minimum atomic E-state index is -0.683. The molecule has 1 aliphatic heterocycles. The number of alkyl carbamates (subject to hydrolysis) is 1. The number of hydrogen-bond donors (Lipinski definition) is 2. The van der Waals surface area contributed by atoms with E-state index in [0.29, 0.717) is 45.8 Å². The highest BCUT2D eigenvalue weighted by molar-refractivity contribution is 6.12. The molecule has 48 heavy (non-hydrogen) atoms. The SMILES string of the molecule is CCCCOC(=O)NCCOCCOCCNC(=O)COCC(=O)OCCN(CCOC(=O)CCCCN1C(=O)C=CC1=O)CC(C)=O. The maximum atomic E-state index is 12.0. The van der Waals surface area contributed by atoms with E-state index in [1.165, 1.54) is 19.1 Å². The first-order chi connectivity index (χ1) is 23.1. The van der Waals surface area contributed by atoms with Gasteiger partial charge in [-0.15, -0.1) is 0 Å². The summed E-state index contributed by atoms with van der Waals surface area (Å²) in [7, 11) is 0. The summed E-state index contributed by atoms with van der Waals surface area (Å²) in [6.45, 7) is 5.52. The van der Waals surface area contributed by atoms with Crippen LogP contribution in [0.25, 0.3) is 0 Å². The van der Waals surface area contributed by atoms with Crippen molar-refractivity contribution in [2.24, 2.45) is 0 Å². The zero-order valence-corrected chi connectivity index (χ0v) is 28.0. The normalized spacial score (nSPS) is 12.4. The van der Waals surface area contributed by atoms with Crippen molar-refractivity contribution in [2.75, 3.05) is 98.7 Å². The molecule has 0 fully saturated rings. The molecule has 4 amide bonds. The maximum Gasteiger partial charge on any atom is 0.407 e. The number of carbonyl (C=O) groups excluding carboxylic acids is 7. The number of nitrogens with zero attached hydrogens (tertiary/aromatic N) is 2. The van der Waals surface area contributed by atoms with Gasteiger partial charge >= 0.3 is 18.0 Å².